The van der Waals surface area contributed by atoms with E-state index in [1.165, 1.54) is 17.0 Å². The number of aryl methyl sites for hydroxylation is 1. The average molecular weight is 448 g/mol. The molecule has 7 heteroatoms. The monoisotopic (exact) mass is 447 g/mol. The molecule has 6 nitrogen and oxygen atoms in total. The quantitative estimate of drug-likeness (QED) is 0.421. The number of piperazine rings is 1. The fourth-order valence-corrected chi connectivity index (χ4v) is 4.88. The Kier molecular flexibility index (Phi) is 8.67. The minimum Gasteiger partial charge on any atom is -0.382 e. The van der Waals surface area contributed by atoms with Crippen molar-refractivity contribution in [2.45, 2.75) is 59.4 Å². The van der Waals surface area contributed by atoms with Gasteiger partial charge in [0.15, 0.2) is 0 Å². The summed E-state index contributed by atoms with van der Waals surface area (Å²) in [7, 11) is 2.15. The normalized spacial score (nSPS) is 16.7. The van der Waals surface area contributed by atoms with Gasteiger partial charge in [-0.1, -0.05) is 27.7 Å². The summed E-state index contributed by atoms with van der Waals surface area (Å²) in [6, 6.07) is 6.74. The summed E-state index contributed by atoms with van der Waals surface area (Å²) in [6.07, 6.45) is 2.26. The first-order valence-corrected chi connectivity index (χ1v) is 12.5. The van der Waals surface area contributed by atoms with Crippen LogP contribution < -0.4 is 9.62 Å². The van der Waals surface area contributed by atoms with Crippen molar-refractivity contribution in [3.63, 3.8) is 0 Å². The largest absolute Gasteiger partial charge is 0.382 e. The van der Waals surface area contributed by atoms with Gasteiger partial charge in [0.1, 0.15) is 5.82 Å². The molecule has 1 aromatic carbocycles. The van der Waals surface area contributed by atoms with E-state index in [9.17, 15) is 0 Å². The molecule has 31 heavy (non-hydrogen) atoms. The third kappa shape index (κ3) is 6.60. The van der Waals surface area contributed by atoms with Gasteiger partial charge in [-0.2, -0.15) is 0 Å². The maximum atomic E-state index is 5.55. The van der Waals surface area contributed by atoms with Gasteiger partial charge in [-0.25, -0.2) is 9.29 Å². The summed E-state index contributed by atoms with van der Waals surface area (Å²) in [4.78, 5) is 5.11. The van der Waals surface area contributed by atoms with E-state index in [0.717, 1.165) is 64.3 Å². The molecule has 2 aromatic rings. The standard InChI is InChI=1S/C24H41N5OS/c1-7-30-17-11-19(2)10-14-29-22-9-8-20(18-21(22)26-23(29)24(3,4)5)27(6)31-28-15-12-25-13-16-28/h8-9,18-19,25H,7,10-17H2,1-6H3. The number of nitrogens with zero attached hydrogens (tertiary/aromatic N) is 4. The second-order valence-electron chi connectivity index (χ2n) is 9.65. The van der Waals surface area contributed by atoms with Crippen molar-refractivity contribution in [2.75, 3.05) is 50.7 Å². The lowest BCUT2D eigenvalue weighted by molar-refractivity contribution is 0.132. The maximum absolute atomic E-state index is 5.55. The number of nitrogens with one attached hydrogen (secondary N) is 1. The molecule has 1 N–H and O–H groups in total. The van der Waals surface area contributed by atoms with E-state index in [-0.39, 0.29) is 5.41 Å². The SMILES string of the molecule is CCOCCC(C)CCn1c(C(C)(C)C)nc2cc(N(C)SN3CCNCC3)ccc21. The summed E-state index contributed by atoms with van der Waals surface area (Å²) in [5.41, 5.74) is 3.55. The van der Waals surface area contributed by atoms with Crippen molar-refractivity contribution in [3.05, 3.63) is 24.0 Å². The third-order valence-corrected chi connectivity index (χ3v) is 6.94. The van der Waals surface area contributed by atoms with E-state index in [0.29, 0.717) is 5.92 Å². The second kappa shape index (κ2) is 11.0. The molecule has 2 heterocycles. The lowest BCUT2D eigenvalue weighted by atomic mass is 9.95. The van der Waals surface area contributed by atoms with Gasteiger partial charge in [0.05, 0.1) is 16.7 Å². The van der Waals surface area contributed by atoms with Gasteiger partial charge in [0.2, 0.25) is 0 Å². The molecule has 0 aliphatic carbocycles. The summed E-state index contributed by atoms with van der Waals surface area (Å²) in [5.74, 6) is 1.81. The molecule has 1 saturated heterocycles. The number of imidazole rings is 1. The van der Waals surface area contributed by atoms with Crippen molar-refractivity contribution < 1.29 is 4.74 Å². The highest BCUT2D eigenvalue weighted by molar-refractivity contribution is 7.98. The number of fused-ring (bicyclic) bond motifs is 1. The minimum atomic E-state index is 0.00912. The molecule has 1 atom stereocenters. The van der Waals surface area contributed by atoms with E-state index >= 15 is 0 Å². The van der Waals surface area contributed by atoms with Gasteiger partial charge in [0.25, 0.3) is 0 Å². The molecule has 0 bridgehead atoms. The highest BCUT2D eigenvalue weighted by atomic mass is 32.2. The molecule has 1 unspecified atom stereocenters. The van der Waals surface area contributed by atoms with Crippen LogP contribution in [0.1, 0.15) is 53.3 Å². The Balaban J connectivity index is 1.77. The van der Waals surface area contributed by atoms with Crippen LogP contribution in [0.4, 0.5) is 5.69 Å². The second-order valence-corrected chi connectivity index (χ2v) is 10.9. The van der Waals surface area contributed by atoms with Crippen LogP contribution in [0.15, 0.2) is 18.2 Å². The van der Waals surface area contributed by atoms with Crippen LogP contribution in [0.2, 0.25) is 0 Å². The highest BCUT2D eigenvalue weighted by Gasteiger charge is 2.24. The summed E-state index contributed by atoms with van der Waals surface area (Å²) in [6.45, 7) is 18.1. The van der Waals surface area contributed by atoms with Crippen LogP contribution in [0.3, 0.4) is 0 Å². The first-order chi connectivity index (χ1) is 14.8. The van der Waals surface area contributed by atoms with Gasteiger partial charge < -0.3 is 18.9 Å². The average Bonchev–Trinajstić information content (AvgIpc) is 3.11. The fourth-order valence-electron chi connectivity index (χ4n) is 3.98. The van der Waals surface area contributed by atoms with Crippen LogP contribution in [0.25, 0.3) is 11.0 Å². The number of aromatic nitrogens is 2. The zero-order valence-electron chi connectivity index (χ0n) is 20.3. The van der Waals surface area contributed by atoms with E-state index in [1.54, 1.807) is 12.1 Å². The molecule has 1 aliphatic heterocycles. The van der Waals surface area contributed by atoms with Gasteiger partial charge >= 0.3 is 0 Å². The zero-order chi connectivity index (χ0) is 22.4. The van der Waals surface area contributed by atoms with Gasteiger partial charge in [-0.15, -0.1) is 0 Å². The number of hydrogen-bond donors (Lipinski definition) is 1. The predicted octanol–water partition coefficient (Wildman–Crippen LogP) is 4.69. The van der Waals surface area contributed by atoms with Gasteiger partial charge in [-0.05, 0) is 43.9 Å². The highest BCUT2D eigenvalue weighted by Crippen LogP contribution is 2.31. The van der Waals surface area contributed by atoms with Crippen molar-refractivity contribution in [2.24, 2.45) is 5.92 Å². The van der Waals surface area contributed by atoms with Crippen LogP contribution in [-0.4, -0.2) is 60.3 Å². The number of hydrogen-bond acceptors (Lipinski definition) is 6. The van der Waals surface area contributed by atoms with Crippen LogP contribution in [0.5, 0.6) is 0 Å². The molecule has 0 radical (unpaired) electrons. The number of benzene rings is 1. The van der Waals surface area contributed by atoms with Crippen LogP contribution in [0, 0.1) is 5.92 Å². The summed E-state index contributed by atoms with van der Waals surface area (Å²) < 4.78 is 12.7. The summed E-state index contributed by atoms with van der Waals surface area (Å²) in [5, 5.41) is 3.42. The zero-order valence-corrected chi connectivity index (χ0v) is 21.1. The molecular weight excluding hydrogens is 406 g/mol. The lowest BCUT2D eigenvalue weighted by Gasteiger charge is -2.30. The third-order valence-electron chi connectivity index (χ3n) is 5.88. The number of anilines is 1. The van der Waals surface area contributed by atoms with Crippen molar-refractivity contribution in [1.29, 1.82) is 0 Å². The number of ether oxygens (including phenoxy) is 1. The first kappa shape index (κ1) is 24.4. The van der Waals surface area contributed by atoms with Crippen molar-refractivity contribution in [3.8, 4) is 0 Å². The molecule has 0 saturated carbocycles. The van der Waals surface area contributed by atoms with E-state index in [2.05, 4.69) is 78.4 Å². The maximum Gasteiger partial charge on any atom is 0.115 e. The van der Waals surface area contributed by atoms with Crippen molar-refractivity contribution >= 4 is 28.9 Å². The van der Waals surface area contributed by atoms with E-state index < -0.39 is 0 Å². The van der Waals surface area contributed by atoms with Crippen LogP contribution >= 0.6 is 12.1 Å². The molecule has 174 valence electrons. The Morgan fingerprint density at radius 1 is 1.23 bits per heavy atom. The Bertz CT molecular complexity index is 825. The summed E-state index contributed by atoms with van der Waals surface area (Å²) >= 11 is 1.80. The van der Waals surface area contributed by atoms with E-state index in [1.807, 2.05) is 0 Å². The Morgan fingerprint density at radius 3 is 2.65 bits per heavy atom. The molecule has 0 amide bonds. The van der Waals surface area contributed by atoms with Gasteiger partial charge in [0, 0.05) is 70.5 Å². The Morgan fingerprint density at radius 2 is 1.97 bits per heavy atom. The van der Waals surface area contributed by atoms with E-state index in [4.69, 9.17) is 9.72 Å². The Hall–Kier alpha value is -1.28. The molecule has 3 rings (SSSR count). The predicted molar refractivity (Wildman–Crippen MR) is 134 cm³/mol. The smallest absolute Gasteiger partial charge is 0.115 e. The van der Waals surface area contributed by atoms with Gasteiger partial charge in [-0.3, -0.25) is 0 Å². The topological polar surface area (TPSA) is 45.6 Å². The lowest BCUT2D eigenvalue weighted by Crippen LogP contribution is -2.41. The molecule has 1 aliphatic rings. The molecule has 0 spiro atoms. The van der Waals surface area contributed by atoms with Crippen molar-refractivity contribution in [1.82, 2.24) is 19.2 Å². The minimum absolute atomic E-state index is 0.00912. The molecule has 1 aromatic heterocycles. The van der Waals surface area contributed by atoms with Crippen LogP contribution in [-0.2, 0) is 16.7 Å². The molecular formula is C24H41N5OS. The molecule has 1 fully saturated rings. The number of rotatable bonds is 10. The Labute approximate surface area is 193 Å². The first-order valence-electron chi connectivity index (χ1n) is 11.8. The fraction of sp³-hybridized carbons (Fsp3) is 0.708.